The quantitative estimate of drug-likeness (QED) is 0.153. The van der Waals surface area contributed by atoms with E-state index in [0.717, 1.165) is 18.6 Å². The van der Waals surface area contributed by atoms with Crippen molar-refractivity contribution in [3.8, 4) is 0 Å². The maximum atomic E-state index is 15.3. The second-order valence-corrected chi connectivity index (χ2v) is 11.3. The summed E-state index contributed by atoms with van der Waals surface area (Å²) in [5, 5.41) is 2.37. The Morgan fingerprint density at radius 3 is 2.60 bits per heavy atom. The van der Waals surface area contributed by atoms with Gasteiger partial charge in [-0.2, -0.15) is 4.58 Å². The monoisotopic (exact) mass is 614 g/mol. The minimum Gasteiger partial charge on any atom is -0.312 e. The van der Waals surface area contributed by atoms with E-state index in [4.69, 9.17) is 11.6 Å². The third-order valence-electron chi connectivity index (χ3n) is 8.07. The lowest BCUT2D eigenvalue weighted by molar-refractivity contribution is -0.510. The molecule has 12 heteroatoms. The summed E-state index contributed by atoms with van der Waals surface area (Å²) in [5.74, 6) is -1.60. The van der Waals surface area contributed by atoms with Crippen molar-refractivity contribution < 1.29 is 31.7 Å². The SMILES string of the molecule is C=C(C(=O)NC1=C[N+](C(C)c2ncc(N3CC4CC4C3=O)c(C)c2F)=C1)C(C)=N/C=C(\C)c1c(C(F)F)ccc(Cl)c1F. The molecule has 3 heterocycles. The van der Waals surface area contributed by atoms with Gasteiger partial charge in [0.2, 0.25) is 11.9 Å². The first kappa shape index (κ1) is 30.3. The largest absolute Gasteiger partial charge is 0.312 e. The summed E-state index contributed by atoms with van der Waals surface area (Å²) in [7, 11) is 0. The lowest BCUT2D eigenvalue weighted by Gasteiger charge is -2.22. The highest BCUT2D eigenvalue weighted by atomic mass is 35.5. The van der Waals surface area contributed by atoms with Crippen LogP contribution < -0.4 is 10.2 Å². The van der Waals surface area contributed by atoms with Crippen molar-refractivity contribution in [1.82, 2.24) is 10.3 Å². The van der Waals surface area contributed by atoms with Crippen LogP contribution in [0.5, 0.6) is 0 Å². The van der Waals surface area contributed by atoms with Gasteiger partial charge in [0.05, 0.1) is 22.5 Å². The number of anilines is 1. The molecule has 0 spiro atoms. The zero-order valence-corrected chi connectivity index (χ0v) is 24.6. The summed E-state index contributed by atoms with van der Waals surface area (Å²) in [4.78, 5) is 35.2. The van der Waals surface area contributed by atoms with Crippen molar-refractivity contribution in [3.05, 3.63) is 87.6 Å². The molecule has 5 rings (SSSR count). The Kier molecular flexibility index (Phi) is 8.13. The molecule has 3 atom stereocenters. The van der Waals surface area contributed by atoms with E-state index in [1.807, 2.05) is 0 Å². The van der Waals surface area contributed by atoms with Gasteiger partial charge in [0.15, 0.2) is 23.9 Å². The molecule has 7 nitrogen and oxygen atoms in total. The molecule has 2 amide bonds. The number of hydrogen-bond donors (Lipinski definition) is 1. The number of benzene rings is 1. The number of hydrogen-bond acceptors (Lipinski definition) is 4. The van der Waals surface area contributed by atoms with Gasteiger partial charge in [-0.1, -0.05) is 24.2 Å². The summed E-state index contributed by atoms with van der Waals surface area (Å²) < 4.78 is 58.4. The number of aromatic nitrogens is 1. The Bertz CT molecular complexity index is 1700. The fourth-order valence-corrected chi connectivity index (χ4v) is 5.40. The minimum absolute atomic E-state index is 0.00137. The van der Waals surface area contributed by atoms with E-state index in [9.17, 15) is 22.8 Å². The van der Waals surface area contributed by atoms with Crippen molar-refractivity contribution in [1.29, 1.82) is 0 Å². The Labute approximate surface area is 251 Å². The predicted octanol–water partition coefficient (Wildman–Crippen LogP) is 6.44. The smallest absolute Gasteiger partial charge is 0.264 e. The molecule has 1 saturated heterocycles. The maximum Gasteiger partial charge on any atom is 0.264 e. The molecule has 224 valence electrons. The molecular weight excluding hydrogens is 586 g/mol. The van der Waals surface area contributed by atoms with E-state index in [-0.39, 0.29) is 45.0 Å². The molecule has 2 aliphatic heterocycles. The van der Waals surface area contributed by atoms with Gasteiger partial charge >= 0.3 is 0 Å². The molecule has 0 radical (unpaired) electrons. The average molecular weight is 615 g/mol. The third-order valence-corrected chi connectivity index (χ3v) is 8.37. The van der Waals surface area contributed by atoms with Crippen molar-refractivity contribution >= 4 is 46.6 Å². The topological polar surface area (TPSA) is 77.7 Å². The molecule has 3 aliphatic rings. The van der Waals surface area contributed by atoms with Gasteiger partial charge in [0.1, 0.15) is 11.5 Å². The first-order valence-electron chi connectivity index (χ1n) is 13.6. The number of pyridine rings is 1. The molecule has 0 bridgehead atoms. The van der Waals surface area contributed by atoms with E-state index in [2.05, 4.69) is 21.9 Å². The van der Waals surface area contributed by atoms with Crippen molar-refractivity contribution in [2.75, 3.05) is 11.4 Å². The van der Waals surface area contributed by atoms with E-state index < -0.39 is 35.6 Å². The number of piperidine rings is 1. The molecule has 1 saturated carbocycles. The fraction of sp³-hybridized carbons (Fsp3) is 0.323. The Morgan fingerprint density at radius 2 is 1.98 bits per heavy atom. The van der Waals surface area contributed by atoms with Gasteiger partial charge in [-0.3, -0.25) is 14.6 Å². The van der Waals surface area contributed by atoms with Crippen LogP contribution in [0.2, 0.25) is 5.02 Å². The van der Waals surface area contributed by atoms with E-state index in [1.165, 1.54) is 26.2 Å². The molecule has 1 aliphatic carbocycles. The van der Waals surface area contributed by atoms with Crippen molar-refractivity contribution in [3.63, 3.8) is 0 Å². The number of nitrogens with zero attached hydrogens (tertiary/aromatic N) is 4. The number of rotatable bonds is 9. The highest BCUT2D eigenvalue weighted by Gasteiger charge is 2.53. The lowest BCUT2D eigenvalue weighted by atomic mass is 10.0. The van der Waals surface area contributed by atoms with Gasteiger partial charge < -0.3 is 10.2 Å². The first-order chi connectivity index (χ1) is 20.3. The predicted molar refractivity (Wildman–Crippen MR) is 156 cm³/mol. The first-order valence-corrected chi connectivity index (χ1v) is 14.0. The number of alkyl halides is 2. The highest BCUT2D eigenvalue weighted by Crippen LogP contribution is 2.48. The number of amides is 2. The summed E-state index contributed by atoms with van der Waals surface area (Å²) in [6.45, 7) is 10.6. The van der Waals surface area contributed by atoms with Crippen LogP contribution in [-0.4, -0.2) is 39.8 Å². The number of carbonyl (C=O) groups excluding carboxylic acids is 2. The van der Waals surface area contributed by atoms with Crippen molar-refractivity contribution in [2.45, 2.75) is 46.6 Å². The lowest BCUT2D eigenvalue weighted by Crippen LogP contribution is -2.35. The molecule has 43 heavy (non-hydrogen) atoms. The second kappa shape index (κ2) is 11.5. The number of allylic oxidation sites excluding steroid dienone is 2. The van der Waals surface area contributed by atoms with Crippen LogP contribution >= 0.6 is 11.6 Å². The van der Waals surface area contributed by atoms with E-state index >= 15 is 4.39 Å². The van der Waals surface area contributed by atoms with E-state index in [0.29, 0.717) is 29.4 Å². The molecule has 1 aromatic heterocycles. The molecule has 3 unspecified atom stereocenters. The van der Waals surface area contributed by atoms with Crippen LogP contribution in [0, 0.1) is 30.4 Å². The van der Waals surface area contributed by atoms with Gasteiger partial charge in [0.25, 0.3) is 12.3 Å². The zero-order chi connectivity index (χ0) is 31.3. The standard InChI is InChI=1S/C31H28ClF4N5O2/c1-14(25-21(29(35)36)6-7-23(32)27(25)34)9-37-17(4)15(2)30(42)39-20-12-40(13-20)18(5)28-26(33)16(3)24(10-38-28)41-11-19-8-22(19)31(41)43/h6-7,9-10,12-13,18-19,22,29H,2,8,11H2,1,3-5H3/p+1/b14-9+,37-17?. The molecule has 2 fully saturated rings. The van der Waals surface area contributed by atoms with Crippen LogP contribution in [0.4, 0.5) is 23.2 Å². The van der Waals surface area contributed by atoms with Crippen LogP contribution in [0.3, 0.4) is 0 Å². The Balaban J connectivity index is 1.22. The second-order valence-electron chi connectivity index (χ2n) is 10.9. The summed E-state index contributed by atoms with van der Waals surface area (Å²) in [6, 6.07) is 1.63. The highest BCUT2D eigenvalue weighted by molar-refractivity contribution is 6.31. The van der Waals surface area contributed by atoms with Crippen LogP contribution in [-0.2, 0) is 9.59 Å². The van der Waals surface area contributed by atoms with E-state index in [1.54, 1.807) is 35.7 Å². The number of carbonyl (C=O) groups is 2. The zero-order valence-electron chi connectivity index (χ0n) is 23.9. The molecule has 2 aromatic rings. The van der Waals surface area contributed by atoms with Gasteiger partial charge in [0, 0.05) is 48.0 Å². The number of halogens is 5. The van der Waals surface area contributed by atoms with Gasteiger partial charge in [-0.05, 0) is 44.7 Å². The average Bonchev–Trinajstić information content (AvgIpc) is 3.65. The molecule has 1 N–H and O–H groups in total. The van der Waals surface area contributed by atoms with Crippen LogP contribution in [0.1, 0.15) is 62.0 Å². The third kappa shape index (κ3) is 5.65. The molecular formula is C31H29ClF4N5O2+. The summed E-state index contributed by atoms with van der Waals surface area (Å²) in [6.07, 6.45) is 3.91. The normalized spacial score (nSPS) is 20.4. The number of fused-ring (bicyclic) bond motifs is 1. The number of nitrogens with one attached hydrogen (secondary N) is 1. The Hall–Kier alpha value is -4.12. The van der Waals surface area contributed by atoms with Crippen LogP contribution in [0.15, 0.2) is 53.6 Å². The summed E-state index contributed by atoms with van der Waals surface area (Å²) >= 11 is 5.78. The minimum atomic E-state index is -2.92. The fourth-order valence-electron chi connectivity index (χ4n) is 5.24. The van der Waals surface area contributed by atoms with Gasteiger partial charge in [-0.25, -0.2) is 22.5 Å². The van der Waals surface area contributed by atoms with Gasteiger partial charge in [-0.15, -0.1) is 0 Å². The van der Waals surface area contributed by atoms with Crippen molar-refractivity contribution in [2.24, 2.45) is 16.8 Å². The Morgan fingerprint density at radius 1 is 1.28 bits per heavy atom. The van der Waals surface area contributed by atoms with Crippen LogP contribution in [0.25, 0.3) is 5.57 Å². The maximum absolute atomic E-state index is 15.3. The summed E-state index contributed by atoms with van der Waals surface area (Å²) in [5.41, 5.74) is 0.900. The molecule has 1 aromatic carbocycles. The number of aliphatic imine (C=N–C) groups is 1.